The number of hydrogen-bond acceptors (Lipinski definition) is 4. The minimum Gasteiger partial charge on any atom is -0.459 e. The van der Waals surface area contributed by atoms with Gasteiger partial charge in [-0.25, -0.2) is 8.42 Å². The van der Waals surface area contributed by atoms with Crippen molar-refractivity contribution in [3.8, 4) is 0 Å². The van der Waals surface area contributed by atoms with Crippen molar-refractivity contribution in [1.82, 2.24) is 0 Å². The fourth-order valence-corrected chi connectivity index (χ4v) is 4.56. The number of anilines is 2. The van der Waals surface area contributed by atoms with Crippen molar-refractivity contribution in [2.24, 2.45) is 0 Å². The summed E-state index contributed by atoms with van der Waals surface area (Å²) in [6, 6.07) is 13.3. The average molecular weight is 384 g/mol. The first-order valence-electron chi connectivity index (χ1n) is 8.32. The zero-order valence-corrected chi connectivity index (χ0v) is 16.1. The highest BCUT2D eigenvalue weighted by molar-refractivity contribution is 7.92. The first-order chi connectivity index (χ1) is 12.8. The maximum atomic E-state index is 12.9. The second-order valence-electron chi connectivity index (χ2n) is 6.35. The third kappa shape index (κ3) is 4.20. The first-order valence-corrected chi connectivity index (χ1v) is 9.80. The summed E-state index contributed by atoms with van der Waals surface area (Å²) in [7, 11) is -3.76. The number of amides is 1. The van der Waals surface area contributed by atoms with Gasteiger partial charge in [-0.05, 0) is 62.2 Å². The predicted molar refractivity (Wildman–Crippen MR) is 105 cm³/mol. The highest BCUT2D eigenvalue weighted by Crippen LogP contribution is 2.25. The Morgan fingerprint density at radius 3 is 2.22 bits per heavy atom. The fraction of sp³-hybridized carbons (Fsp3) is 0.150. The number of nitrogens with one attached hydrogen (secondary N) is 2. The van der Waals surface area contributed by atoms with Crippen LogP contribution in [0.15, 0.2) is 64.1 Å². The predicted octanol–water partition coefficient (Wildman–Crippen LogP) is 4.26. The Balaban J connectivity index is 1.85. The average Bonchev–Trinajstić information content (AvgIpc) is 3.07. The van der Waals surface area contributed by atoms with Crippen LogP contribution in [0.2, 0.25) is 0 Å². The van der Waals surface area contributed by atoms with Gasteiger partial charge in [0.2, 0.25) is 0 Å². The molecule has 1 aromatic heterocycles. The van der Waals surface area contributed by atoms with Crippen molar-refractivity contribution in [2.45, 2.75) is 25.7 Å². The van der Waals surface area contributed by atoms with Gasteiger partial charge in [0.1, 0.15) is 0 Å². The lowest BCUT2D eigenvalue weighted by atomic mass is 10.1. The molecule has 0 bridgehead atoms. The number of sulfonamides is 1. The minimum atomic E-state index is -3.76. The van der Waals surface area contributed by atoms with E-state index in [9.17, 15) is 13.2 Å². The molecule has 0 aliphatic carbocycles. The van der Waals surface area contributed by atoms with Gasteiger partial charge in [-0.3, -0.25) is 9.52 Å². The molecule has 1 heterocycles. The Kier molecular flexibility index (Phi) is 5.05. The van der Waals surface area contributed by atoms with Gasteiger partial charge in [0.05, 0.1) is 16.8 Å². The third-order valence-electron chi connectivity index (χ3n) is 3.99. The monoisotopic (exact) mass is 384 g/mol. The van der Waals surface area contributed by atoms with Gasteiger partial charge in [-0.2, -0.15) is 0 Å². The molecule has 0 radical (unpaired) electrons. The molecular formula is C20H20N2O4S. The largest absolute Gasteiger partial charge is 0.459 e. The Labute approximate surface area is 158 Å². The van der Waals surface area contributed by atoms with Crippen LogP contribution in [0.4, 0.5) is 11.4 Å². The van der Waals surface area contributed by atoms with Crippen molar-refractivity contribution in [2.75, 3.05) is 10.0 Å². The molecule has 1 amide bonds. The molecule has 2 aromatic carbocycles. The van der Waals surface area contributed by atoms with E-state index in [0.29, 0.717) is 22.5 Å². The normalized spacial score (nSPS) is 11.2. The van der Waals surface area contributed by atoms with Crippen LogP contribution in [0.5, 0.6) is 0 Å². The van der Waals surface area contributed by atoms with Gasteiger partial charge < -0.3 is 9.73 Å². The molecule has 0 aliphatic rings. The van der Waals surface area contributed by atoms with Crippen molar-refractivity contribution in [3.63, 3.8) is 0 Å². The summed E-state index contributed by atoms with van der Waals surface area (Å²) in [5.41, 5.74) is 3.18. The van der Waals surface area contributed by atoms with Gasteiger partial charge in [-0.15, -0.1) is 0 Å². The van der Waals surface area contributed by atoms with Crippen LogP contribution in [-0.2, 0) is 10.0 Å². The van der Waals surface area contributed by atoms with E-state index in [1.54, 1.807) is 50.2 Å². The molecule has 0 aliphatic heterocycles. The highest BCUT2D eigenvalue weighted by Gasteiger charge is 2.20. The van der Waals surface area contributed by atoms with Crippen LogP contribution < -0.4 is 10.0 Å². The Morgan fingerprint density at radius 2 is 1.59 bits per heavy atom. The molecule has 0 fully saturated rings. The van der Waals surface area contributed by atoms with Gasteiger partial charge in [0.25, 0.3) is 15.9 Å². The molecule has 2 N–H and O–H groups in total. The number of hydrogen-bond donors (Lipinski definition) is 2. The van der Waals surface area contributed by atoms with E-state index >= 15 is 0 Å². The fourth-order valence-electron chi connectivity index (χ4n) is 3.06. The van der Waals surface area contributed by atoms with Crippen molar-refractivity contribution >= 4 is 27.3 Å². The molecule has 0 saturated carbocycles. The number of carbonyl (C=O) groups excluding carboxylic acids is 1. The Bertz CT molecular complexity index is 1060. The van der Waals surface area contributed by atoms with Gasteiger partial charge in [0, 0.05) is 5.69 Å². The molecule has 27 heavy (non-hydrogen) atoms. The molecule has 6 nitrogen and oxygen atoms in total. The zero-order chi connectivity index (χ0) is 19.6. The number of rotatable bonds is 5. The second-order valence-corrected chi connectivity index (χ2v) is 7.96. The molecule has 0 atom stereocenters. The highest BCUT2D eigenvalue weighted by atomic mass is 32.2. The van der Waals surface area contributed by atoms with Gasteiger partial charge >= 0.3 is 0 Å². The lowest BCUT2D eigenvalue weighted by molar-refractivity contribution is 0.0996. The maximum Gasteiger partial charge on any atom is 0.291 e. The van der Waals surface area contributed by atoms with Crippen LogP contribution >= 0.6 is 0 Å². The molecule has 3 rings (SSSR count). The zero-order valence-electron chi connectivity index (χ0n) is 15.2. The van der Waals surface area contributed by atoms with E-state index in [4.69, 9.17) is 4.42 Å². The number of aryl methyl sites for hydroxylation is 3. The summed E-state index contributed by atoms with van der Waals surface area (Å²) in [4.78, 5) is 12.3. The lowest BCUT2D eigenvalue weighted by Crippen LogP contribution is -2.16. The molecule has 0 spiro atoms. The quantitative estimate of drug-likeness (QED) is 0.688. The van der Waals surface area contributed by atoms with E-state index in [2.05, 4.69) is 10.0 Å². The summed E-state index contributed by atoms with van der Waals surface area (Å²) < 4.78 is 33.4. The van der Waals surface area contributed by atoms with Crippen LogP contribution in [0.25, 0.3) is 0 Å². The van der Waals surface area contributed by atoms with Crippen molar-refractivity contribution in [1.29, 1.82) is 0 Å². The summed E-state index contributed by atoms with van der Waals surface area (Å²) in [5.74, 6) is -0.239. The van der Waals surface area contributed by atoms with E-state index in [0.717, 1.165) is 5.56 Å². The van der Waals surface area contributed by atoms with Crippen molar-refractivity contribution in [3.05, 3.63) is 77.2 Å². The van der Waals surface area contributed by atoms with E-state index in [-0.39, 0.29) is 10.7 Å². The van der Waals surface area contributed by atoms with E-state index in [1.165, 1.54) is 6.26 Å². The summed E-state index contributed by atoms with van der Waals surface area (Å²) in [6.07, 6.45) is 1.41. The smallest absolute Gasteiger partial charge is 0.291 e. The summed E-state index contributed by atoms with van der Waals surface area (Å²) in [6.45, 7) is 5.47. The molecule has 7 heteroatoms. The maximum absolute atomic E-state index is 12.9. The molecule has 3 aromatic rings. The van der Waals surface area contributed by atoms with E-state index < -0.39 is 15.9 Å². The molecular weight excluding hydrogens is 364 g/mol. The summed E-state index contributed by atoms with van der Waals surface area (Å²) >= 11 is 0. The molecule has 0 saturated heterocycles. The van der Waals surface area contributed by atoms with Crippen LogP contribution in [0, 0.1) is 20.8 Å². The third-order valence-corrected chi connectivity index (χ3v) is 5.68. The Morgan fingerprint density at radius 1 is 0.926 bits per heavy atom. The van der Waals surface area contributed by atoms with Crippen molar-refractivity contribution < 1.29 is 17.6 Å². The second kappa shape index (κ2) is 7.28. The standard InChI is InChI=1S/C20H20N2O4S/c1-13-10-14(2)19(15(3)11-13)27(24,25)22-17-7-4-6-16(12-17)21-20(23)18-8-5-9-26-18/h4-12,22H,1-3H3,(H,21,23). The first kappa shape index (κ1) is 18.7. The lowest BCUT2D eigenvalue weighted by Gasteiger charge is -2.14. The molecule has 0 unspecified atom stereocenters. The van der Waals surface area contributed by atoms with Gasteiger partial charge in [-0.1, -0.05) is 23.8 Å². The van der Waals surface area contributed by atoms with E-state index in [1.807, 2.05) is 19.1 Å². The van der Waals surface area contributed by atoms with Crippen LogP contribution in [0.3, 0.4) is 0 Å². The number of carbonyl (C=O) groups is 1. The van der Waals surface area contributed by atoms with Gasteiger partial charge in [0.15, 0.2) is 5.76 Å². The Hall–Kier alpha value is -3.06. The topological polar surface area (TPSA) is 88.4 Å². The number of benzene rings is 2. The number of furan rings is 1. The SMILES string of the molecule is Cc1cc(C)c(S(=O)(=O)Nc2cccc(NC(=O)c3ccco3)c2)c(C)c1. The van der Waals surface area contributed by atoms with Crippen LogP contribution in [-0.4, -0.2) is 14.3 Å². The molecule has 140 valence electrons. The summed E-state index contributed by atoms with van der Waals surface area (Å²) in [5, 5.41) is 2.67. The van der Waals surface area contributed by atoms with Crippen LogP contribution in [0.1, 0.15) is 27.2 Å². The minimum absolute atomic E-state index is 0.173.